The van der Waals surface area contributed by atoms with Crippen molar-refractivity contribution >= 4 is 23.6 Å². The summed E-state index contributed by atoms with van der Waals surface area (Å²) < 4.78 is 1.71. The van der Waals surface area contributed by atoms with Crippen LogP contribution in [0.15, 0.2) is 11.4 Å². The van der Waals surface area contributed by atoms with Gasteiger partial charge < -0.3 is 15.0 Å². The zero-order valence-electron chi connectivity index (χ0n) is 12.4. The quantitative estimate of drug-likeness (QED) is 0.811. The number of aliphatic carboxylic acids is 1. The fraction of sp³-hybridized carbons (Fsp3) is 0.615. The highest BCUT2D eigenvalue weighted by Crippen LogP contribution is 2.22. The smallest absolute Gasteiger partial charge is 0.313 e. The number of hydrogen-bond donors (Lipinski definition) is 2. The van der Waals surface area contributed by atoms with E-state index in [9.17, 15) is 9.59 Å². The number of nitrogens with zero attached hydrogens (tertiary/aromatic N) is 2. The third kappa shape index (κ3) is 4.88. The lowest BCUT2D eigenvalue weighted by atomic mass is 10.1. The van der Waals surface area contributed by atoms with Crippen molar-refractivity contribution in [2.45, 2.75) is 51.4 Å². The van der Waals surface area contributed by atoms with Gasteiger partial charge in [-0.1, -0.05) is 11.8 Å². The van der Waals surface area contributed by atoms with Crippen molar-refractivity contribution in [1.29, 1.82) is 0 Å². The van der Waals surface area contributed by atoms with E-state index in [1.165, 1.54) is 0 Å². The van der Waals surface area contributed by atoms with Crippen molar-refractivity contribution in [3.63, 3.8) is 0 Å². The molecule has 0 spiro atoms. The van der Waals surface area contributed by atoms with Crippen LogP contribution in [0, 0.1) is 6.92 Å². The Hall–Kier alpha value is -1.50. The van der Waals surface area contributed by atoms with E-state index in [0.29, 0.717) is 5.16 Å². The fourth-order valence-electron chi connectivity index (χ4n) is 1.60. The van der Waals surface area contributed by atoms with Gasteiger partial charge in [0.1, 0.15) is 6.04 Å². The van der Waals surface area contributed by atoms with Crippen molar-refractivity contribution in [3.05, 3.63) is 11.9 Å². The van der Waals surface area contributed by atoms with Gasteiger partial charge in [-0.2, -0.15) is 0 Å². The Bertz CT molecular complexity index is 505. The molecule has 1 heterocycles. The molecule has 0 radical (unpaired) electrons. The number of nitrogens with one attached hydrogen (secondary N) is 1. The summed E-state index contributed by atoms with van der Waals surface area (Å²) in [4.78, 5) is 27.1. The number of carboxylic acid groups (broad SMARTS) is 1. The molecule has 0 aliphatic rings. The average Bonchev–Trinajstić information content (AvgIpc) is 2.64. The topological polar surface area (TPSA) is 84.2 Å². The molecule has 0 saturated heterocycles. The SMILES string of the molecule is Cc1cn(C(C)C(=O)NC(C)(C)C)c(SCC(=O)O)n1. The number of imidazole rings is 1. The van der Waals surface area contributed by atoms with Gasteiger partial charge in [-0.25, -0.2) is 4.98 Å². The van der Waals surface area contributed by atoms with E-state index >= 15 is 0 Å². The normalized spacial score (nSPS) is 13.1. The Morgan fingerprint density at radius 3 is 2.60 bits per heavy atom. The van der Waals surface area contributed by atoms with E-state index in [1.54, 1.807) is 17.7 Å². The molecule has 0 aliphatic heterocycles. The average molecular weight is 299 g/mol. The number of thioether (sulfide) groups is 1. The predicted molar refractivity (Wildman–Crippen MR) is 77.9 cm³/mol. The maximum atomic E-state index is 12.2. The number of rotatable bonds is 5. The first kappa shape index (κ1) is 16.6. The second kappa shape index (κ2) is 6.30. The number of aryl methyl sites for hydroxylation is 1. The van der Waals surface area contributed by atoms with Crippen molar-refractivity contribution in [2.75, 3.05) is 5.75 Å². The Labute approximate surface area is 123 Å². The van der Waals surface area contributed by atoms with Gasteiger partial charge in [0.15, 0.2) is 5.16 Å². The lowest BCUT2D eigenvalue weighted by molar-refractivity contribution is -0.134. The summed E-state index contributed by atoms with van der Waals surface area (Å²) in [7, 11) is 0. The van der Waals surface area contributed by atoms with Crippen LogP contribution >= 0.6 is 11.8 Å². The van der Waals surface area contributed by atoms with Crippen LogP contribution in [0.3, 0.4) is 0 Å². The van der Waals surface area contributed by atoms with E-state index in [1.807, 2.05) is 27.7 Å². The lowest BCUT2D eigenvalue weighted by Gasteiger charge is -2.24. The fourth-order valence-corrected chi connectivity index (χ4v) is 2.43. The maximum absolute atomic E-state index is 12.2. The van der Waals surface area contributed by atoms with Gasteiger partial charge in [0, 0.05) is 11.7 Å². The number of hydrogen-bond acceptors (Lipinski definition) is 4. The summed E-state index contributed by atoms with van der Waals surface area (Å²) in [5.74, 6) is -1.11. The maximum Gasteiger partial charge on any atom is 0.313 e. The van der Waals surface area contributed by atoms with Crippen LogP contribution in [0.5, 0.6) is 0 Å². The van der Waals surface area contributed by atoms with Crippen LogP contribution in [0.4, 0.5) is 0 Å². The molecule has 1 aromatic heterocycles. The highest BCUT2D eigenvalue weighted by atomic mass is 32.2. The molecule has 0 fully saturated rings. The summed E-state index contributed by atoms with van der Waals surface area (Å²) >= 11 is 1.11. The molecule has 1 atom stereocenters. The highest BCUT2D eigenvalue weighted by molar-refractivity contribution is 7.99. The van der Waals surface area contributed by atoms with E-state index in [-0.39, 0.29) is 17.2 Å². The molecule has 112 valence electrons. The summed E-state index contributed by atoms with van der Waals surface area (Å²) in [6.07, 6.45) is 1.76. The van der Waals surface area contributed by atoms with Crippen molar-refractivity contribution in [2.24, 2.45) is 0 Å². The highest BCUT2D eigenvalue weighted by Gasteiger charge is 2.23. The van der Waals surface area contributed by atoms with Crippen LogP contribution in [-0.4, -0.2) is 37.8 Å². The van der Waals surface area contributed by atoms with Crippen molar-refractivity contribution < 1.29 is 14.7 Å². The van der Waals surface area contributed by atoms with Gasteiger partial charge in [0.25, 0.3) is 0 Å². The molecule has 1 amide bonds. The molecule has 0 aliphatic carbocycles. The van der Waals surface area contributed by atoms with Crippen LogP contribution in [0.25, 0.3) is 0 Å². The minimum Gasteiger partial charge on any atom is -0.481 e. The first-order valence-corrected chi connectivity index (χ1v) is 7.31. The lowest BCUT2D eigenvalue weighted by Crippen LogP contribution is -2.43. The number of carboxylic acids is 1. The van der Waals surface area contributed by atoms with Gasteiger partial charge in [-0.15, -0.1) is 0 Å². The zero-order valence-corrected chi connectivity index (χ0v) is 13.2. The van der Waals surface area contributed by atoms with E-state index in [0.717, 1.165) is 17.5 Å². The van der Waals surface area contributed by atoms with Crippen molar-refractivity contribution in [3.8, 4) is 0 Å². The number of aromatic nitrogens is 2. The van der Waals surface area contributed by atoms with Crippen LogP contribution < -0.4 is 5.32 Å². The monoisotopic (exact) mass is 299 g/mol. The molecule has 0 saturated carbocycles. The molecule has 0 bridgehead atoms. The summed E-state index contributed by atoms with van der Waals surface area (Å²) in [5.41, 5.74) is 0.448. The first-order valence-electron chi connectivity index (χ1n) is 6.32. The van der Waals surface area contributed by atoms with Crippen LogP contribution in [-0.2, 0) is 9.59 Å². The number of carbonyl (C=O) groups excluding carboxylic acids is 1. The number of amides is 1. The molecule has 1 unspecified atom stereocenters. The minimum absolute atomic E-state index is 0.0793. The molecular weight excluding hydrogens is 278 g/mol. The van der Waals surface area contributed by atoms with Crippen molar-refractivity contribution in [1.82, 2.24) is 14.9 Å². The van der Waals surface area contributed by atoms with Gasteiger partial charge in [0.2, 0.25) is 5.91 Å². The largest absolute Gasteiger partial charge is 0.481 e. The summed E-state index contributed by atoms with van der Waals surface area (Å²) in [6, 6.07) is -0.438. The predicted octanol–water partition coefficient (Wildman–Crippen LogP) is 1.84. The molecule has 2 N–H and O–H groups in total. The Morgan fingerprint density at radius 2 is 2.10 bits per heavy atom. The van der Waals surface area contributed by atoms with Crippen LogP contribution in [0.1, 0.15) is 39.4 Å². The molecule has 1 aromatic rings. The van der Waals surface area contributed by atoms with E-state index in [4.69, 9.17) is 5.11 Å². The Kier molecular flexibility index (Phi) is 5.21. The molecule has 7 heteroatoms. The Morgan fingerprint density at radius 1 is 1.50 bits per heavy atom. The second-order valence-electron chi connectivity index (χ2n) is 5.67. The molecular formula is C13H21N3O3S. The van der Waals surface area contributed by atoms with Gasteiger partial charge in [-0.05, 0) is 34.6 Å². The Balaban J connectivity index is 2.89. The van der Waals surface area contributed by atoms with E-state index in [2.05, 4.69) is 10.3 Å². The molecule has 0 aromatic carbocycles. The van der Waals surface area contributed by atoms with Gasteiger partial charge in [0.05, 0.1) is 11.4 Å². The summed E-state index contributed by atoms with van der Waals surface area (Å²) in [5, 5.41) is 12.2. The van der Waals surface area contributed by atoms with Crippen LogP contribution in [0.2, 0.25) is 0 Å². The van der Waals surface area contributed by atoms with E-state index < -0.39 is 12.0 Å². The number of carbonyl (C=O) groups is 2. The van der Waals surface area contributed by atoms with Gasteiger partial charge in [-0.3, -0.25) is 9.59 Å². The summed E-state index contributed by atoms with van der Waals surface area (Å²) in [6.45, 7) is 9.33. The molecule has 1 rings (SSSR count). The standard InChI is InChI=1S/C13H21N3O3S/c1-8-6-16(12(14-8)20-7-10(17)18)9(2)11(19)15-13(3,4)5/h6,9H,7H2,1-5H3,(H,15,19)(H,17,18). The third-order valence-corrected chi connectivity index (χ3v) is 3.39. The zero-order chi connectivity index (χ0) is 15.5. The minimum atomic E-state index is -0.908. The second-order valence-corrected chi connectivity index (χ2v) is 6.61. The molecule has 20 heavy (non-hydrogen) atoms. The third-order valence-electron chi connectivity index (χ3n) is 2.44. The molecule has 6 nitrogen and oxygen atoms in total. The first-order chi connectivity index (χ1) is 9.10. The van der Waals surface area contributed by atoms with Gasteiger partial charge >= 0.3 is 5.97 Å².